The zero-order chi connectivity index (χ0) is 27.5. The molecule has 1 aliphatic rings. The highest BCUT2D eigenvalue weighted by Gasteiger charge is 2.40. The third-order valence-corrected chi connectivity index (χ3v) is 7.59. The number of ether oxygens (including phenoxy) is 3. The number of aliphatic imine (C=N–C) groups is 1. The van der Waals surface area contributed by atoms with Crippen molar-refractivity contribution in [2.24, 2.45) is 4.99 Å². The van der Waals surface area contributed by atoms with Gasteiger partial charge in [-0.25, -0.2) is 4.39 Å². The summed E-state index contributed by atoms with van der Waals surface area (Å²) in [7, 11) is 3.30. The third-order valence-electron chi connectivity index (χ3n) is 7.10. The van der Waals surface area contributed by atoms with Crippen molar-refractivity contribution in [2.75, 3.05) is 27.4 Å². The maximum Gasteiger partial charge on any atom is 0.129 e. The first-order valence-electron chi connectivity index (χ1n) is 12.6. The predicted molar refractivity (Wildman–Crippen MR) is 155 cm³/mol. The Hall–Kier alpha value is -3.68. The van der Waals surface area contributed by atoms with Gasteiger partial charge in [0.05, 0.1) is 20.8 Å². The number of rotatable bonds is 7. The Morgan fingerprint density at radius 2 is 1.41 bits per heavy atom. The normalized spacial score (nSPS) is 17.3. The summed E-state index contributed by atoms with van der Waals surface area (Å²) in [5, 5.41) is 3.76. The van der Waals surface area contributed by atoms with E-state index in [1.807, 2.05) is 73.7 Å². The van der Waals surface area contributed by atoms with E-state index >= 15 is 4.39 Å². The van der Waals surface area contributed by atoms with E-state index in [9.17, 15) is 0 Å². The van der Waals surface area contributed by atoms with Crippen molar-refractivity contribution in [1.29, 1.82) is 0 Å². The zero-order valence-electron chi connectivity index (χ0n) is 22.1. The van der Waals surface area contributed by atoms with Crippen molar-refractivity contribution in [3.8, 4) is 11.5 Å². The van der Waals surface area contributed by atoms with E-state index in [1.165, 1.54) is 6.07 Å². The zero-order valence-corrected chi connectivity index (χ0v) is 23.7. The van der Waals surface area contributed by atoms with Crippen LogP contribution in [0.25, 0.3) is 0 Å². The van der Waals surface area contributed by atoms with Gasteiger partial charge in [0.2, 0.25) is 0 Å². The van der Waals surface area contributed by atoms with E-state index in [0.717, 1.165) is 32.7 Å². The van der Waals surface area contributed by atoms with Gasteiger partial charge in [-0.1, -0.05) is 70.5 Å². The molecule has 1 heterocycles. The average molecular weight is 590 g/mol. The van der Waals surface area contributed by atoms with Gasteiger partial charge >= 0.3 is 0 Å². The van der Waals surface area contributed by atoms with Gasteiger partial charge in [-0.05, 0) is 66.1 Å². The molecule has 1 aliphatic heterocycles. The predicted octanol–water partition coefficient (Wildman–Crippen LogP) is 6.83. The van der Waals surface area contributed by atoms with Crippen molar-refractivity contribution in [3.05, 3.63) is 130 Å². The van der Waals surface area contributed by atoms with Crippen LogP contribution < -0.4 is 14.8 Å². The van der Waals surface area contributed by atoms with Crippen LogP contribution in [0.2, 0.25) is 0 Å². The van der Waals surface area contributed by atoms with Crippen LogP contribution >= 0.6 is 15.9 Å². The van der Waals surface area contributed by atoms with E-state index in [4.69, 9.17) is 19.2 Å². The number of nitrogens with zero attached hydrogens (tertiary/aromatic N) is 1. The van der Waals surface area contributed by atoms with Gasteiger partial charge in [-0.2, -0.15) is 0 Å². The lowest BCUT2D eigenvalue weighted by Crippen LogP contribution is -2.51. The number of hydrogen-bond acceptors (Lipinski definition) is 5. The number of benzene rings is 4. The molecule has 0 radical (unpaired) electrons. The van der Waals surface area contributed by atoms with Crippen LogP contribution in [0.15, 0.2) is 107 Å². The van der Waals surface area contributed by atoms with Gasteiger partial charge in [0.25, 0.3) is 0 Å². The molecular weight excluding hydrogens is 559 g/mol. The molecule has 0 spiro atoms. The topological polar surface area (TPSA) is 52.1 Å². The van der Waals surface area contributed by atoms with Crippen LogP contribution in [0.5, 0.6) is 11.5 Å². The van der Waals surface area contributed by atoms with Gasteiger partial charge in [0.1, 0.15) is 40.8 Å². The first kappa shape index (κ1) is 26.9. The monoisotopic (exact) mass is 588 g/mol. The fourth-order valence-corrected chi connectivity index (χ4v) is 5.49. The lowest BCUT2D eigenvalue weighted by Gasteiger charge is -2.40. The van der Waals surface area contributed by atoms with Crippen molar-refractivity contribution in [2.45, 2.75) is 18.0 Å². The molecule has 7 heteroatoms. The van der Waals surface area contributed by atoms with Crippen LogP contribution in [0.1, 0.15) is 29.2 Å². The molecular formula is C32H30BrFN2O3. The summed E-state index contributed by atoms with van der Waals surface area (Å²) >= 11 is 3.47. The standard InChI is InChI=1S/C32H30BrFN2O3/c1-31(28-19-25(33)13-18-29(28)34)21-39-20-30(35-31)36-32(22-7-5-4-6-8-22,23-9-14-26(37-2)15-10-23)24-11-16-27(38-3)17-12-24/h4-19H,20-21H2,1-3H3,(H,35,36)/t31-/m0/s1. The molecule has 0 amide bonds. The van der Waals surface area contributed by atoms with E-state index in [2.05, 4.69) is 33.4 Å². The van der Waals surface area contributed by atoms with Gasteiger partial charge in [-0.15, -0.1) is 0 Å². The van der Waals surface area contributed by atoms with Crippen LogP contribution in [0.4, 0.5) is 4.39 Å². The molecule has 0 aromatic heterocycles. The minimum absolute atomic E-state index is 0.256. The third kappa shape index (κ3) is 5.29. The fourth-order valence-electron chi connectivity index (χ4n) is 5.12. The summed E-state index contributed by atoms with van der Waals surface area (Å²) in [6.45, 7) is 2.41. The molecule has 1 N–H and O–H groups in total. The van der Waals surface area contributed by atoms with Crippen molar-refractivity contribution < 1.29 is 18.6 Å². The molecule has 5 rings (SSSR count). The number of hydrogen-bond donors (Lipinski definition) is 1. The van der Waals surface area contributed by atoms with Crippen molar-refractivity contribution in [1.82, 2.24) is 5.32 Å². The number of methoxy groups -OCH3 is 2. The first-order chi connectivity index (χ1) is 18.9. The van der Waals surface area contributed by atoms with Crippen LogP contribution in [0, 0.1) is 5.82 Å². The quantitative estimate of drug-likeness (QED) is 0.240. The van der Waals surface area contributed by atoms with Crippen LogP contribution in [-0.2, 0) is 15.8 Å². The van der Waals surface area contributed by atoms with Gasteiger partial charge in [-0.3, -0.25) is 4.99 Å². The summed E-state index contributed by atoms with van der Waals surface area (Å²) in [5.74, 6) is 1.80. The number of nitrogens with one attached hydrogen (secondary N) is 1. The molecule has 0 bridgehead atoms. The maximum absolute atomic E-state index is 15.0. The highest BCUT2D eigenvalue weighted by molar-refractivity contribution is 9.10. The highest BCUT2D eigenvalue weighted by Crippen LogP contribution is 2.39. The van der Waals surface area contributed by atoms with Gasteiger partial charge < -0.3 is 19.5 Å². The van der Waals surface area contributed by atoms with Gasteiger partial charge in [0.15, 0.2) is 0 Å². The smallest absolute Gasteiger partial charge is 0.129 e. The first-order valence-corrected chi connectivity index (χ1v) is 13.4. The van der Waals surface area contributed by atoms with Crippen LogP contribution in [0.3, 0.4) is 0 Å². The Kier molecular flexibility index (Phi) is 7.73. The molecule has 5 nitrogen and oxygen atoms in total. The van der Waals surface area contributed by atoms with E-state index < -0.39 is 11.1 Å². The minimum atomic E-state index is -0.920. The SMILES string of the molecule is COc1ccc(C(NC2=N[C@](C)(c3cc(Br)ccc3F)COC2)(c2ccccc2)c2ccc(OC)cc2)cc1. The Labute approximate surface area is 236 Å². The molecule has 0 saturated heterocycles. The summed E-state index contributed by atoms with van der Waals surface area (Å²) in [6.07, 6.45) is 0. The second kappa shape index (κ2) is 11.2. The molecule has 200 valence electrons. The van der Waals surface area contributed by atoms with E-state index in [0.29, 0.717) is 11.4 Å². The molecule has 0 aliphatic carbocycles. The lowest BCUT2D eigenvalue weighted by atomic mass is 9.76. The lowest BCUT2D eigenvalue weighted by molar-refractivity contribution is 0.101. The van der Waals surface area contributed by atoms with Crippen molar-refractivity contribution in [3.63, 3.8) is 0 Å². The summed E-state index contributed by atoms with van der Waals surface area (Å²) in [4.78, 5) is 5.09. The molecule has 4 aromatic carbocycles. The molecule has 39 heavy (non-hydrogen) atoms. The number of halogens is 2. The summed E-state index contributed by atoms with van der Waals surface area (Å²) in [5.41, 5.74) is 1.65. The average Bonchev–Trinajstić information content (AvgIpc) is 2.98. The molecule has 0 fully saturated rings. The molecule has 1 atom stereocenters. The Morgan fingerprint density at radius 1 is 0.846 bits per heavy atom. The Balaban J connectivity index is 1.71. The van der Waals surface area contributed by atoms with Crippen LogP contribution in [-0.4, -0.2) is 33.3 Å². The highest BCUT2D eigenvalue weighted by atomic mass is 79.9. The second-order valence-corrected chi connectivity index (χ2v) is 10.6. The molecule has 0 saturated carbocycles. The molecule has 0 unspecified atom stereocenters. The fraction of sp³-hybridized carbons (Fsp3) is 0.219. The van der Waals surface area contributed by atoms with Gasteiger partial charge in [0, 0.05) is 10.0 Å². The van der Waals surface area contributed by atoms with Crippen molar-refractivity contribution >= 4 is 21.8 Å². The largest absolute Gasteiger partial charge is 0.497 e. The van der Waals surface area contributed by atoms with E-state index in [1.54, 1.807) is 26.4 Å². The Morgan fingerprint density at radius 3 is 1.97 bits per heavy atom. The molecule has 4 aromatic rings. The Bertz CT molecular complexity index is 1410. The maximum atomic E-state index is 15.0. The minimum Gasteiger partial charge on any atom is -0.497 e. The summed E-state index contributed by atoms with van der Waals surface area (Å²) in [6, 6.07) is 31.0. The number of amidine groups is 1. The van der Waals surface area contributed by atoms with E-state index in [-0.39, 0.29) is 19.0 Å². The summed E-state index contributed by atoms with van der Waals surface area (Å²) < 4.78 is 32.8. The second-order valence-electron chi connectivity index (χ2n) is 9.65.